The van der Waals surface area contributed by atoms with Crippen molar-refractivity contribution in [3.05, 3.63) is 0 Å². The quantitative estimate of drug-likeness (QED) is 0.0832. The SMILES string of the molecule is NC(=O)CCC(NC(=O)C(CCC(=O)O)NC(=O)C(CCC(N)=O)NC(=O)C(N)CC(=O)O)C(=O)O. The van der Waals surface area contributed by atoms with Gasteiger partial charge in [0.15, 0.2) is 0 Å². The van der Waals surface area contributed by atoms with Crippen LogP contribution in [0.25, 0.3) is 0 Å². The lowest BCUT2D eigenvalue weighted by Crippen LogP contribution is -2.57. The van der Waals surface area contributed by atoms with E-state index in [2.05, 4.69) is 16.0 Å². The van der Waals surface area contributed by atoms with Gasteiger partial charge in [-0.2, -0.15) is 0 Å². The lowest BCUT2D eigenvalue weighted by Gasteiger charge is -2.24. The maximum Gasteiger partial charge on any atom is 0.326 e. The molecule has 0 fully saturated rings. The molecule has 36 heavy (non-hydrogen) atoms. The zero-order chi connectivity index (χ0) is 28.0. The summed E-state index contributed by atoms with van der Waals surface area (Å²) in [7, 11) is 0. The number of carbonyl (C=O) groups is 8. The standard InChI is InChI=1S/C19H30N6O11/c20-8(7-15(30)31)16(32)23-9(1-4-12(21)26)17(33)24-10(3-6-14(28)29)18(34)25-11(19(35)36)2-5-13(22)27/h8-11H,1-7,20H2,(H2,21,26)(H2,22,27)(H,23,32)(H,24,33)(H,25,34)(H,28,29)(H,30,31)(H,35,36). The summed E-state index contributed by atoms with van der Waals surface area (Å²) >= 11 is 0. The molecule has 0 aliphatic heterocycles. The maximum absolute atomic E-state index is 12.8. The van der Waals surface area contributed by atoms with Crippen LogP contribution in [-0.4, -0.2) is 86.9 Å². The predicted octanol–water partition coefficient (Wildman–Crippen LogP) is -4.28. The van der Waals surface area contributed by atoms with E-state index in [1.54, 1.807) is 0 Å². The van der Waals surface area contributed by atoms with E-state index in [4.69, 9.17) is 27.4 Å². The molecule has 0 aromatic heterocycles. The van der Waals surface area contributed by atoms with Crippen LogP contribution in [0.5, 0.6) is 0 Å². The van der Waals surface area contributed by atoms with Gasteiger partial charge >= 0.3 is 17.9 Å². The normalized spacial score (nSPS) is 13.8. The number of nitrogens with one attached hydrogen (secondary N) is 3. The van der Waals surface area contributed by atoms with E-state index >= 15 is 0 Å². The highest BCUT2D eigenvalue weighted by Gasteiger charge is 2.31. The Hall–Kier alpha value is -4.28. The van der Waals surface area contributed by atoms with Gasteiger partial charge in [0.25, 0.3) is 0 Å². The highest BCUT2D eigenvalue weighted by molar-refractivity contribution is 5.95. The third kappa shape index (κ3) is 13.4. The maximum atomic E-state index is 12.8. The Labute approximate surface area is 204 Å². The summed E-state index contributed by atoms with van der Waals surface area (Å²) in [5, 5.41) is 33.3. The molecule has 0 saturated heterocycles. The molecular formula is C19H30N6O11. The highest BCUT2D eigenvalue weighted by atomic mass is 16.4. The van der Waals surface area contributed by atoms with Gasteiger partial charge in [0.05, 0.1) is 12.5 Å². The van der Waals surface area contributed by atoms with Crippen LogP contribution in [0.1, 0.15) is 44.9 Å². The molecule has 0 spiro atoms. The molecule has 0 aliphatic carbocycles. The molecule has 17 heteroatoms. The third-order valence-corrected chi connectivity index (χ3v) is 4.62. The van der Waals surface area contributed by atoms with Crippen LogP contribution in [-0.2, 0) is 38.4 Å². The van der Waals surface area contributed by atoms with E-state index in [1.165, 1.54) is 0 Å². The number of aliphatic carboxylic acids is 3. The molecule has 0 heterocycles. The number of amides is 5. The second-order valence-electron chi connectivity index (χ2n) is 7.67. The van der Waals surface area contributed by atoms with Crippen LogP contribution in [0.4, 0.5) is 0 Å². The van der Waals surface area contributed by atoms with Crippen molar-refractivity contribution in [2.75, 3.05) is 0 Å². The summed E-state index contributed by atoms with van der Waals surface area (Å²) in [6, 6.07) is -6.28. The van der Waals surface area contributed by atoms with E-state index < -0.39 is 97.3 Å². The van der Waals surface area contributed by atoms with Crippen molar-refractivity contribution in [2.24, 2.45) is 17.2 Å². The second kappa shape index (κ2) is 15.6. The number of hydrogen-bond donors (Lipinski definition) is 9. The first-order chi connectivity index (χ1) is 16.6. The lowest BCUT2D eigenvalue weighted by molar-refractivity contribution is -0.143. The topological polar surface area (TPSA) is 311 Å². The monoisotopic (exact) mass is 518 g/mol. The molecule has 0 saturated carbocycles. The summed E-state index contributed by atoms with van der Waals surface area (Å²) in [5.41, 5.74) is 15.5. The number of hydrogen-bond acceptors (Lipinski definition) is 9. The largest absolute Gasteiger partial charge is 0.481 e. The van der Waals surface area contributed by atoms with Crippen LogP contribution in [0.2, 0.25) is 0 Å². The van der Waals surface area contributed by atoms with Gasteiger partial charge in [-0.1, -0.05) is 0 Å². The van der Waals surface area contributed by atoms with Crippen LogP contribution in [0.15, 0.2) is 0 Å². The van der Waals surface area contributed by atoms with Gasteiger partial charge in [-0.25, -0.2) is 4.79 Å². The molecule has 0 aromatic carbocycles. The lowest BCUT2D eigenvalue weighted by atomic mass is 10.1. The minimum absolute atomic E-state index is 0.379. The smallest absolute Gasteiger partial charge is 0.326 e. The molecule has 0 aliphatic rings. The van der Waals surface area contributed by atoms with Crippen molar-refractivity contribution in [1.29, 1.82) is 0 Å². The fourth-order valence-electron chi connectivity index (χ4n) is 2.74. The van der Waals surface area contributed by atoms with Gasteiger partial charge in [-0.05, 0) is 19.3 Å². The molecule has 4 atom stereocenters. The summed E-state index contributed by atoms with van der Waals surface area (Å²) in [6.45, 7) is 0. The first kappa shape index (κ1) is 31.7. The number of carboxylic acids is 3. The van der Waals surface area contributed by atoms with E-state index in [0.29, 0.717) is 0 Å². The Morgan fingerprint density at radius 1 is 0.583 bits per heavy atom. The Bertz CT molecular complexity index is 878. The van der Waals surface area contributed by atoms with E-state index in [9.17, 15) is 43.5 Å². The van der Waals surface area contributed by atoms with Crippen molar-refractivity contribution in [2.45, 2.75) is 69.1 Å². The average molecular weight is 518 g/mol. The van der Waals surface area contributed by atoms with Gasteiger partial charge < -0.3 is 48.5 Å². The van der Waals surface area contributed by atoms with Crippen LogP contribution >= 0.6 is 0 Å². The molecule has 0 rings (SSSR count). The van der Waals surface area contributed by atoms with Gasteiger partial charge in [-0.15, -0.1) is 0 Å². The molecule has 5 amide bonds. The summed E-state index contributed by atoms with van der Waals surface area (Å²) in [5.74, 6) is -9.20. The third-order valence-electron chi connectivity index (χ3n) is 4.62. The van der Waals surface area contributed by atoms with Crippen LogP contribution in [0.3, 0.4) is 0 Å². The fraction of sp³-hybridized carbons (Fsp3) is 0.579. The highest BCUT2D eigenvalue weighted by Crippen LogP contribution is 2.06. The Balaban J connectivity index is 5.66. The first-order valence-corrected chi connectivity index (χ1v) is 10.5. The van der Waals surface area contributed by atoms with E-state index in [1.807, 2.05) is 0 Å². The van der Waals surface area contributed by atoms with Crippen molar-refractivity contribution in [3.8, 4) is 0 Å². The minimum atomic E-state index is -1.61. The number of nitrogens with two attached hydrogens (primary N) is 3. The molecule has 12 N–H and O–H groups in total. The Morgan fingerprint density at radius 3 is 1.36 bits per heavy atom. The predicted molar refractivity (Wildman–Crippen MR) is 117 cm³/mol. The van der Waals surface area contributed by atoms with Crippen LogP contribution < -0.4 is 33.2 Å². The number of carbonyl (C=O) groups excluding carboxylic acids is 5. The van der Waals surface area contributed by atoms with Crippen molar-refractivity contribution in [3.63, 3.8) is 0 Å². The average Bonchev–Trinajstić information content (AvgIpc) is 2.75. The van der Waals surface area contributed by atoms with E-state index in [0.717, 1.165) is 0 Å². The zero-order valence-corrected chi connectivity index (χ0v) is 19.1. The molecule has 0 radical (unpaired) electrons. The van der Waals surface area contributed by atoms with Crippen molar-refractivity contribution >= 4 is 47.4 Å². The number of primary amides is 2. The zero-order valence-electron chi connectivity index (χ0n) is 19.1. The molecular weight excluding hydrogens is 488 g/mol. The summed E-state index contributed by atoms with van der Waals surface area (Å²) in [6.07, 6.45) is -3.45. The molecule has 17 nitrogen and oxygen atoms in total. The van der Waals surface area contributed by atoms with Crippen molar-refractivity contribution in [1.82, 2.24) is 16.0 Å². The first-order valence-electron chi connectivity index (χ1n) is 10.5. The Morgan fingerprint density at radius 2 is 0.972 bits per heavy atom. The molecule has 4 unspecified atom stereocenters. The number of carboxylic acid groups (broad SMARTS) is 3. The summed E-state index contributed by atoms with van der Waals surface area (Å²) < 4.78 is 0. The number of rotatable bonds is 18. The molecule has 0 bridgehead atoms. The molecule has 202 valence electrons. The van der Waals surface area contributed by atoms with Crippen molar-refractivity contribution < 1.29 is 53.7 Å². The van der Waals surface area contributed by atoms with Gasteiger partial charge in [0, 0.05) is 19.3 Å². The van der Waals surface area contributed by atoms with Crippen LogP contribution in [0, 0.1) is 0 Å². The minimum Gasteiger partial charge on any atom is -0.481 e. The molecule has 0 aromatic rings. The van der Waals surface area contributed by atoms with Gasteiger partial charge in [0.2, 0.25) is 29.5 Å². The second-order valence-corrected chi connectivity index (χ2v) is 7.67. The van der Waals surface area contributed by atoms with Gasteiger partial charge in [0.1, 0.15) is 18.1 Å². The van der Waals surface area contributed by atoms with E-state index in [-0.39, 0.29) is 19.3 Å². The summed E-state index contributed by atoms with van der Waals surface area (Å²) in [4.78, 5) is 92.8. The fourth-order valence-corrected chi connectivity index (χ4v) is 2.74. The Kier molecular flexibility index (Phi) is 13.7. The van der Waals surface area contributed by atoms with Gasteiger partial charge in [-0.3, -0.25) is 33.6 Å².